The molecule has 0 amide bonds. The maximum absolute atomic E-state index is 6.78. The number of hydrogen-bond acceptors (Lipinski definition) is 4. The summed E-state index contributed by atoms with van der Waals surface area (Å²) < 4.78 is 13.4. The van der Waals surface area contributed by atoms with Gasteiger partial charge in [0.1, 0.15) is 11.5 Å². The first-order chi connectivity index (χ1) is 23.6. The van der Waals surface area contributed by atoms with Crippen LogP contribution in [0.4, 0.5) is 28.4 Å². The van der Waals surface area contributed by atoms with E-state index in [1.807, 2.05) is 0 Å². The molecule has 4 aliphatic heterocycles. The lowest BCUT2D eigenvalue weighted by molar-refractivity contribution is 0.418. The Morgan fingerprint density at radius 1 is 0.592 bits per heavy atom. The monoisotopic (exact) mass is 636 g/mol. The quantitative estimate of drug-likeness (QED) is 0.168. The molecule has 49 heavy (non-hydrogen) atoms. The molecule has 6 aromatic carbocycles. The Balaban J connectivity index is 1.36. The smallest absolute Gasteiger partial charge is 0.333 e. The molecule has 0 bridgehead atoms. The first kappa shape index (κ1) is 28.6. The molecule has 0 radical (unpaired) electrons. The Hall–Kier alpha value is -5.42. The minimum atomic E-state index is -0.248. The van der Waals surface area contributed by atoms with Gasteiger partial charge in [-0.2, -0.15) is 0 Å². The SMILES string of the molecule is Cc1ccccc1N1B2c3cccc4c3N(c3ccccc3O4)c3cc(C(C)(C)C)cc(c32)-c2cc3c(cc21)C(C)(C)c1ccccc1O3. The van der Waals surface area contributed by atoms with Crippen molar-refractivity contribution >= 4 is 46.2 Å². The van der Waals surface area contributed by atoms with Gasteiger partial charge in [0, 0.05) is 39.2 Å². The highest BCUT2D eigenvalue weighted by molar-refractivity contribution is 6.93. The molecule has 10 rings (SSSR count). The largest absolute Gasteiger partial charge is 0.457 e. The van der Waals surface area contributed by atoms with Crippen molar-refractivity contribution in [2.75, 3.05) is 9.71 Å². The van der Waals surface area contributed by atoms with Gasteiger partial charge in [-0.3, -0.25) is 0 Å². The average molecular weight is 637 g/mol. The molecule has 0 atom stereocenters. The summed E-state index contributed by atoms with van der Waals surface area (Å²) in [6.45, 7) is 13.7. The van der Waals surface area contributed by atoms with Crippen LogP contribution in [0.15, 0.2) is 115 Å². The molecule has 4 aliphatic rings. The minimum absolute atomic E-state index is 0.0778. The van der Waals surface area contributed by atoms with Crippen molar-refractivity contribution in [3.8, 4) is 34.1 Å². The van der Waals surface area contributed by atoms with Crippen molar-refractivity contribution in [1.29, 1.82) is 0 Å². The fourth-order valence-corrected chi connectivity index (χ4v) is 8.62. The first-order valence-electron chi connectivity index (χ1n) is 17.3. The summed E-state index contributed by atoms with van der Waals surface area (Å²) in [4.78, 5) is 5.06. The molecule has 0 saturated heterocycles. The van der Waals surface area contributed by atoms with Crippen molar-refractivity contribution < 1.29 is 9.47 Å². The van der Waals surface area contributed by atoms with E-state index in [1.165, 1.54) is 61.4 Å². The number of nitrogens with zero attached hydrogens (tertiary/aromatic N) is 2. The molecule has 6 aromatic rings. The van der Waals surface area contributed by atoms with E-state index >= 15 is 0 Å². The van der Waals surface area contributed by atoms with Gasteiger partial charge in [0.05, 0.1) is 11.4 Å². The second kappa shape index (κ2) is 9.60. The minimum Gasteiger partial charge on any atom is -0.457 e. The number of fused-ring (bicyclic) bond motifs is 8. The van der Waals surface area contributed by atoms with Crippen molar-refractivity contribution in [3.63, 3.8) is 0 Å². The number of ether oxygens (including phenoxy) is 2. The maximum atomic E-state index is 6.78. The van der Waals surface area contributed by atoms with Gasteiger partial charge in [0.2, 0.25) is 0 Å². The van der Waals surface area contributed by atoms with E-state index in [9.17, 15) is 0 Å². The van der Waals surface area contributed by atoms with Crippen LogP contribution in [0, 0.1) is 6.92 Å². The number of para-hydroxylation sites is 5. The van der Waals surface area contributed by atoms with E-state index in [0.29, 0.717) is 0 Å². The summed E-state index contributed by atoms with van der Waals surface area (Å²) in [5.41, 5.74) is 15.4. The van der Waals surface area contributed by atoms with E-state index < -0.39 is 0 Å². The Morgan fingerprint density at radius 2 is 1.29 bits per heavy atom. The van der Waals surface area contributed by atoms with Crippen LogP contribution in [0.2, 0.25) is 0 Å². The zero-order valence-electron chi connectivity index (χ0n) is 28.8. The van der Waals surface area contributed by atoms with Gasteiger partial charge in [-0.25, -0.2) is 0 Å². The van der Waals surface area contributed by atoms with Gasteiger partial charge in [0.25, 0.3) is 0 Å². The lowest BCUT2D eigenvalue weighted by Crippen LogP contribution is -2.62. The van der Waals surface area contributed by atoms with E-state index in [2.05, 4.69) is 167 Å². The van der Waals surface area contributed by atoms with Crippen LogP contribution >= 0.6 is 0 Å². The Bertz CT molecular complexity index is 2400. The van der Waals surface area contributed by atoms with Gasteiger partial charge in [-0.05, 0) is 88.5 Å². The number of hydrogen-bond donors (Lipinski definition) is 0. The first-order valence-corrected chi connectivity index (χ1v) is 17.3. The normalized spacial score (nSPS) is 15.5. The molecule has 0 unspecified atom stereocenters. The number of aryl methyl sites for hydroxylation is 1. The third-order valence-electron chi connectivity index (χ3n) is 11.1. The molecule has 0 aromatic heterocycles. The average Bonchev–Trinajstić information content (AvgIpc) is 3.09. The Kier molecular flexibility index (Phi) is 5.60. The number of rotatable bonds is 1. The molecule has 0 saturated carbocycles. The second-order valence-electron chi connectivity index (χ2n) is 15.5. The van der Waals surface area contributed by atoms with Crippen LogP contribution in [0.25, 0.3) is 11.1 Å². The summed E-state index contributed by atoms with van der Waals surface area (Å²) in [6, 6.07) is 41.9. The van der Waals surface area contributed by atoms with Gasteiger partial charge in [0.15, 0.2) is 11.5 Å². The molecular formula is C44H37BN2O2. The third-order valence-corrected chi connectivity index (χ3v) is 11.1. The van der Waals surface area contributed by atoms with Crippen LogP contribution in [0.1, 0.15) is 56.9 Å². The topological polar surface area (TPSA) is 24.9 Å². The summed E-state index contributed by atoms with van der Waals surface area (Å²) in [5.74, 6) is 3.62. The summed E-state index contributed by atoms with van der Waals surface area (Å²) in [5, 5.41) is 0. The zero-order valence-corrected chi connectivity index (χ0v) is 28.8. The van der Waals surface area contributed by atoms with E-state index in [-0.39, 0.29) is 17.7 Å². The summed E-state index contributed by atoms with van der Waals surface area (Å²) in [7, 11) is 0. The van der Waals surface area contributed by atoms with Crippen molar-refractivity contribution in [1.82, 2.24) is 0 Å². The van der Waals surface area contributed by atoms with E-state index in [1.54, 1.807) is 0 Å². The van der Waals surface area contributed by atoms with Crippen LogP contribution in [-0.4, -0.2) is 6.85 Å². The van der Waals surface area contributed by atoms with Gasteiger partial charge >= 0.3 is 6.85 Å². The van der Waals surface area contributed by atoms with E-state index in [0.717, 1.165) is 34.4 Å². The number of anilines is 5. The Morgan fingerprint density at radius 3 is 2.08 bits per heavy atom. The predicted molar refractivity (Wildman–Crippen MR) is 202 cm³/mol. The molecule has 0 spiro atoms. The highest BCUT2D eigenvalue weighted by atomic mass is 16.5. The van der Waals surface area contributed by atoms with Gasteiger partial charge < -0.3 is 19.2 Å². The second-order valence-corrected chi connectivity index (χ2v) is 15.5. The highest BCUT2D eigenvalue weighted by Crippen LogP contribution is 2.57. The van der Waals surface area contributed by atoms with Crippen LogP contribution < -0.4 is 30.1 Å². The van der Waals surface area contributed by atoms with Crippen LogP contribution in [-0.2, 0) is 10.8 Å². The zero-order chi connectivity index (χ0) is 33.4. The fourth-order valence-electron chi connectivity index (χ4n) is 8.62. The molecule has 4 heterocycles. The van der Waals surface area contributed by atoms with Gasteiger partial charge in [-0.1, -0.05) is 101 Å². The number of benzene rings is 6. The summed E-state index contributed by atoms with van der Waals surface area (Å²) in [6.07, 6.45) is 0. The Labute approximate surface area is 288 Å². The molecule has 4 nitrogen and oxygen atoms in total. The van der Waals surface area contributed by atoms with Gasteiger partial charge in [-0.15, -0.1) is 0 Å². The van der Waals surface area contributed by atoms with Crippen LogP contribution in [0.3, 0.4) is 0 Å². The lowest BCUT2D eigenvalue weighted by atomic mass is 9.43. The van der Waals surface area contributed by atoms with Crippen LogP contribution in [0.5, 0.6) is 23.0 Å². The maximum Gasteiger partial charge on any atom is 0.333 e. The van der Waals surface area contributed by atoms with Crippen molar-refractivity contribution in [3.05, 3.63) is 138 Å². The molecule has 0 fully saturated rings. The third kappa shape index (κ3) is 3.82. The lowest BCUT2D eigenvalue weighted by Gasteiger charge is -2.48. The standard InChI is InChI=1S/C44H37BN2O2/c1-26-14-7-9-17-33(26)47-35-25-31-40(48-37-19-11-8-15-30(37)44(31,5)6)24-28(35)29-22-27(43(2,3)4)23-36-41(29)45(47)32-16-13-21-39-42(32)46(36)34-18-10-12-20-38(34)49-39/h7-25H,1-6H3. The molecule has 5 heteroatoms. The molecule has 0 aliphatic carbocycles. The fraction of sp³-hybridized carbons (Fsp3) is 0.182. The highest BCUT2D eigenvalue weighted by Gasteiger charge is 2.49. The van der Waals surface area contributed by atoms with Crippen molar-refractivity contribution in [2.24, 2.45) is 0 Å². The molecule has 238 valence electrons. The van der Waals surface area contributed by atoms with E-state index in [4.69, 9.17) is 9.47 Å². The molecular weight excluding hydrogens is 599 g/mol. The molecule has 0 N–H and O–H groups in total. The summed E-state index contributed by atoms with van der Waals surface area (Å²) >= 11 is 0. The predicted octanol–water partition coefficient (Wildman–Crippen LogP) is 10.5. The van der Waals surface area contributed by atoms with Crippen molar-refractivity contribution in [2.45, 2.75) is 52.4 Å².